The Kier molecular flexibility index (Phi) is 4.61. The van der Waals surface area contributed by atoms with Gasteiger partial charge in [0.05, 0.1) is 6.61 Å². The van der Waals surface area contributed by atoms with Gasteiger partial charge in [0.15, 0.2) is 11.5 Å². The molecule has 2 N–H and O–H groups in total. The summed E-state index contributed by atoms with van der Waals surface area (Å²) in [5.41, 5.74) is 3.41. The number of aliphatic hydroxyl groups excluding tert-OH is 1. The summed E-state index contributed by atoms with van der Waals surface area (Å²) in [6.07, 6.45) is 0.959. The van der Waals surface area contributed by atoms with Crippen molar-refractivity contribution in [1.29, 1.82) is 0 Å². The monoisotopic (exact) mass is 299 g/mol. The van der Waals surface area contributed by atoms with Crippen LogP contribution in [0.25, 0.3) is 0 Å². The molecule has 0 fully saturated rings. The van der Waals surface area contributed by atoms with E-state index in [-0.39, 0.29) is 12.6 Å². The van der Waals surface area contributed by atoms with Gasteiger partial charge >= 0.3 is 0 Å². The Labute approximate surface area is 130 Å². The third-order valence-corrected chi connectivity index (χ3v) is 3.97. The zero-order valence-corrected chi connectivity index (χ0v) is 12.7. The van der Waals surface area contributed by atoms with Gasteiger partial charge in [-0.05, 0) is 48.7 Å². The molecule has 0 bridgehead atoms. The van der Waals surface area contributed by atoms with Crippen molar-refractivity contribution in [2.24, 2.45) is 0 Å². The molecular formula is C18H21NO3. The summed E-state index contributed by atoms with van der Waals surface area (Å²) in [5, 5.41) is 12.6. The Morgan fingerprint density at radius 3 is 2.55 bits per heavy atom. The van der Waals surface area contributed by atoms with E-state index in [4.69, 9.17) is 14.6 Å². The van der Waals surface area contributed by atoms with Crippen LogP contribution in [0.1, 0.15) is 29.7 Å². The van der Waals surface area contributed by atoms with E-state index < -0.39 is 0 Å². The minimum absolute atomic E-state index is 0.0969. The lowest BCUT2D eigenvalue weighted by Crippen LogP contribution is -2.21. The van der Waals surface area contributed by atoms with E-state index in [9.17, 15) is 0 Å². The number of hydrogen-bond acceptors (Lipinski definition) is 4. The lowest BCUT2D eigenvalue weighted by molar-refractivity contribution is 0.174. The molecule has 0 amide bonds. The fourth-order valence-corrected chi connectivity index (χ4v) is 2.54. The number of aliphatic hydroxyl groups is 1. The molecule has 1 unspecified atom stereocenters. The molecular weight excluding hydrogens is 278 g/mol. The lowest BCUT2D eigenvalue weighted by Gasteiger charge is -2.15. The smallest absolute Gasteiger partial charge is 0.231 e. The first-order valence-corrected chi connectivity index (χ1v) is 7.58. The summed E-state index contributed by atoms with van der Waals surface area (Å²) < 4.78 is 10.7. The molecule has 22 heavy (non-hydrogen) atoms. The van der Waals surface area contributed by atoms with Crippen molar-refractivity contribution in [2.45, 2.75) is 26.0 Å². The molecule has 1 atom stereocenters. The number of benzene rings is 2. The summed E-state index contributed by atoms with van der Waals surface area (Å²) in [6, 6.07) is 14.4. The largest absolute Gasteiger partial charge is 0.454 e. The Hall–Kier alpha value is -2.04. The molecule has 4 nitrogen and oxygen atoms in total. The van der Waals surface area contributed by atoms with E-state index in [1.54, 1.807) is 0 Å². The van der Waals surface area contributed by atoms with Crippen LogP contribution in [0.2, 0.25) is 0 Å². The maximum atomic E-state index is 9.04. The quantitative estimate of drug-likeness (QED) is 0.861. The predicted molar refractivity (Wildman–Crippen MR) is 85.1 cm³/mol. The average molecular weight is 299 g/mol. The number of ether oxygens (including phenoxy) is 2. The Morgan fingerprint density at radius 2 is 1.77 bits per heavy atom. The maximum absolute atomic E-state index is 9.04. The van der Waals surface area contributed by atoms with Gasteiger partial charge in [0, 0.05) is 6.04 Å². The van der Waals surface area contributed by atoms with Gasteiger partial charge in [-0.1, -0.05) is 30.3 Å². The van der Waals surface area contributed by atoms with Gasteiger partial charge in [-0.2, -0.15) is 0 Å². The molecule has 0 aromatic heterocycles. The van der Waals surface area contributed by atoms with Crippen molar-refractivity contribution >= 4 is 0 Å². The van der Waals surface area contributed by atoms with Crippen molar-refractivity contribution in [1.82, 2.24) is 5.32 Å². The molecule has 1 aliphatic heterocycles. The molecule has 0 saturated carbocycles. The van der Waals surface area contributed by atoms with Crippen LogP contribution in [-0.2, 0) is 13.0 Å². The summed E-state index contributed by atoms with van der Waals surface area (Å²) in [5.74, 6) is 1.64. The van der Waals surface area contributed by atoms with Crippen molar-refractivity contribution in [3.8, 4) is 11.5 Å². The molecule has 1 aliphatic rings. The highest BCUT2D eigenvalue weighted by atomic mass is 16.7. The minimum Gasteiger partial charge on any atom is -0.454 e. The van der Waals surface area contributed by atoms with Gasteiger partial charge in [0.25, 0.3) is 0 Å². The zero-order valence-electron chi connectivity index (χ0n) is 12.7. The molecule has 116 valence electrons. The highest BCUT2D eigenvalue weighted by molar-refractivity contribution is 5.45. The van der Waals surface area contributed by atoms with Gasteiger partial charge in [0.2, 0.25) is 6.79 Å². The van der Waals surface area contributed by atoms with Gasteiger partial charge in [0.1, 0.15) is 0 Å². The predicted octanol–water partition coefficient (Wildman–Crippen LogP) is 2.80. The standard InChI is InChI=1S/C18H21NO3/c1-13(16-6-7-17-18(10-16)22-12-21-17)19-9-8-14-2-4-15(11-20)5-3-14/h2-7,10,13,19-20H,8-9,11-12H2,1H3. The summed E-state index contributed by atoms with van der Waals surface area (Å²) >= 11 is 0. The van der Waals surface area contributed by atoms with E-state index in [0.29, 0.717) is 6.79 Å². The van der Waals surface area contributed by atoms with E-state index in [0.717, 1.165) is 30.0 Å². The van der Waals surface area contributed by atoms with Crippen LogP contribution in [0.5, 0.6) is 11.5 Å². The fraction of sp³-hybridized carbons (Fsp3) is 0.333. The topological polar surface area (TPSA) is 50.7 Å². The van der Waals surface area contributed by atoms with Crippen LogP contribution in [0.15, 0.2) is 42.5 Å². The van der Waals surface area contributed by atoms with Gasteiger partial charge < -0.3 is 19.9 Å². The van der Waals surface area contributed by atoms with Crippen molar-refractivity contribution in [3.63, 3.8) is 0 Å². The second-order valence-corrected chi connectivity index (χ2v) is 5.51. The van der Waals surface area contributed by atoms with E-state index >= 15 is 0 Å². The number of fused-ring (bicyclic) bond motifs is 1. The Bertz CT molecular complexity index is 625. The average Bonchev–Trinajstić information content (AvgIpc) is 3.03. The van der Waals surface area contributed by atoms with E-state index in [1.807, 2.05) is 24.3 Å². The summed E-state index contributed by atoms with van der Waals surface area (Å²) in [4.78, 5) is 0. The first-order valence-electron chi connectivity index (χ1n) is 7.58. The second-order valence-electron chi connectivity index (χ2n) is 5.51. The molecule has 0 spiro atoms. The summed E-state index contributed by atoms with van der Waals surface area (Å²) in [7, 11) is 0. The fourth-order valence-electron chi connectivity index (χ4n) is 2.54. The first-order chi connectivity index (χ1) is 10.8. The van der Waals surface area contributed by atoms with E-state index in [1.165, 1.54) is 11.1 Å². The Balaban J connectivity index is 1.52. The van der Waals surface area contributed by atoms with Crippen molar-refractivity contribution in [3.05, 3.63) is 59.2 Å². The molecule has 2 aromatic rings. The molecule has 0 radical (unpaired) electrons. The van der Waals surface area contributed by atoms with E-state index in [2.05, 4.69) is 30.4 Å². The third-order valence-electron chi connectivity index (χ3n) is 3.97. The highest BCUT2D eigenvalue weighted by Crippen LogP contribution is 2.34. The third kappa shape index (κ3) is 3.40. The second kappa shape index (κ2) is 6.81. The maximum Gasteiger partial charge on any atom is 0.231 e. The minimum atomic E-state index is 0.0969. The first kappa shape index (κ1) is 14.9. The molecule has 1 heterocycles. The van der Waals surface area contributed by atoms with Crippen LogP contribution in [-0.4, -0.2) is 18.4 Å². The van der Waals surface area contributed by atoms with Crippen molar-refractivity contribution < 1.29 is 14.6 Å². The molecule has 0 saturated heterocycles. The van der Waals surface area contributed by atoms with Crippen molar-refractivity contribution in [2.75, 3.05) is 13.3 Å². The molecule has 3 rings (SSSR count). The number of nitrogens with one attached hydrogen (secondary N) is 1. The normalized spacial score (nSPS) is 14.1. The molecule has 2 aromatic carbocycles. The highest BCUT2D eigenvalue weighted by Gasteiger charge is 2.15. The summed E-state index contributed by atoms with van der Waals surface area (Å²) in [6.45, 7) is 3.45. The zero-order chi connectivity index (χ0) is 15.4. The molecule has 4 heteroatoms. The van der Waals surface area contributed by atoms with Crippen LogP contribution in [0.4, 0.5) is 0 Å². The van der Waals surface area contributed by atoms with Crippen LogP contribution in [0, 0.1) is 0 Å². The molecule has 0 aliphatic carbocycles. The SMILES string of the molecule is CC(NCCc1ccc(CO)cc1)c1ccc2c(c1)OCO2. The van der Waals surface area contributed by atoms with Crippen LogP contribution >= 0.6 is 0 Å². The van der Waals surface area contributed by atoms with Crippen LogP contribution < -0.4 is 14.8 Å². The Morgan fingerprint density at radius 1 is 1.05 bits per heavy atom. The lowest BCUT2D eigenvalue weighted by atomic mass is 10.1. The number of hydrogen-bond donors (Lipinski definition) is 2. The van der Waals surface area contributed by atoms with Crippen LogP contribution in [0.3, 0.4) is 0 Å². The van der Waals surface area contributed by atoms with Gasteiger partial charge in [-0.25, -0.2) is 0 Å². The number of rotatable bonds is 6. The van der Waals surface area contributed by atoms with Gasteiger partial charge in [-0.3, -0.25) is 0 Å². The van der Waals surface area contributed by atoms with Gasteiger partial charge in [-0.15, -0.1) is 0 Å².